The van der Waals surface area contributed by atoms with E-state index in [4.69, 9.17) is 4.74 Å². The Balaban J connectivity index is 2.10. The number of ether oxygens (including phenoxy) is 1. The van der Waals surface area contributed by atoms with E-state index in [-0.39, 0.29) is 5.75 Å². The van der Waals surface area contributed by atoms with Crippen LogP contribution in [0, 0.1) is 0 Å². The van der Waals surface area contributed by atoms with Crippen LogP contribution in [0.5, 0.6) is 5.75 Å². The number of fused-ring (bicyclic) bond motifs is 1. The molecular formula is C17H20N2O3. The molecule has 0 unspecified atom stereocenters. The fraction of sp³-hybridized carbons (Fsp3) is 0.412. The molecule has 116 valence electrons. The average molecular weight is 300 g/mol. The fourth-order valence-electron chi connectivity index (χ4n) is 3.09. The highest BCUT2D eigenvalue weighted by Gasteiger charge is 2.19. The Hall–Kier alpha value is -2.14. The summed E-state index contributed by atoms with van der Waals surface area (Å²) in [6, 6.07) is 5.03. The Morgan fingerprint density at radius 3 is 2.77 bits per heavy atom. The Kier molecular flexibility index (Phi) is 4.24. The highest BCUT2D eigenvalue weighted by molar-refractivity contribution is 6.05. The number of carbonyl (C=O) groups excluding carboxylic acids is 1. The molecule has 0 spiro atoms. The fourth-order valence-corrected chi connectivity index (χ4v) is 3.09. The number of benzene rings is 1. The quantitative estimate of drug-likeness (QED) is 0.883. The minimum absolute atomic E-state index is 0.205. The van der Waals surface area contributed by atoms with Crippen LogP contribution in [0.3, 0.4) is 0 Å². The second-order valence-corrected chi connectivity index (χ2v) is 5.64. The van der Waals surface area contributed by atoms with E-state index in [9.17, 15) is 9.90 Å². The van der Waals surface area contributed by atoms with Crippen molar-refractivity contribution in [3.63, 3.8) is 0 Å². The van der Waals surface area contributed by atoms with Gasteiger partial charge in [0.25, 0.3) is 0 Å². The number of piperidine rings is 1. The summed E-state index contributed by atoms with van der Waals surface area (Å²) in [6.45, 7) is 2.66. The lowest BCUT2D eigenvalue weighted by Crippen LogP contribution is -2.29. The molecule has 0 bridgehead atoms. The molecule has 1 aromatic heterocycles. The highest BCUT2D eigenvalue weighted by atomic mass is 16.5. The van der Waals surface area contributed by atoms with Gasteiger partial charge in [0.05, 0.1) is 18.2 Å². The predicted octanol–water partition coefficient (Wildman–Crippen LogP) is 2.71. The molecule has 1 saturated heterocycles. The van der Waals surface area contributed by atoms with Crippen LogP contribution >= 0.6 is 0 Å². The van der Waals surface area contributed by atoms with Crippen molar-refractivity contribution in [1.82, 2.24) is 9.88 Å². The van der Waals surface area contributed by atoms with E-state index >= 15 is 0 Å². The van der Waals surface area contributed by atoms with Crippen molar-refractivity contribution in [1.29, 1.82) is 0 Å². The van der Waals surface area contributed by atoms with Crippen LogP contribution in [0.15, 0.2) is 24.4 Å². The maximum atomic E-state index is 12.0. The summed E-state index contributed by atoms with van der Waals surface area (Å²) in [7, 11) is 1.36. The first-order valence-corrected chi connectivity index (χ1v) is 7.61. The zero-order chi connectivity index (χ0) is 15.5. The summed E-state index contributed by atoms with van der Waals surface area (Å²) in [6.07, 6.45) is 5.20. The van der Waals surface area contributed by atoms with Gasteiger partial charge in [-0.2, -0.15) is 0 Å². The lowest BCUT2D eigenvalue weighted by Gasteiger charge is -2.27. The first-order chi connectivity index (χ1) is 10.7. The number of hydrogen-bond acceptors (Lipinski definition) is 5. The van der Waals surface area contributed by atoms with E-state index in [1.807, 2.05) is 0 Å². The average Bonchev–Trinajstić information content (AvgIpc) is 2.57. The molecule has 0 saturated carbocycles. The van der Waals surface area contributed by atoms with Gasteiger partial charge in [0.15, 0.2) is 0 Å². The molecule has 1 aliphatic rings. The van der Waals surface area contributed by atoms with Crippen molar-refractivity contribution in [3.05, 3.63) is 35.5 Å². The number of aromatic nitrogens is 1. The van der Waals surface area contributed by atoms with Crippen molar-refractivity contribution in [2.24, 2.45) is 0 Å². The van der Waals surface area contributed by atoms with Gasteiger partial charge in [-0.05, 0) is 44.1 Å². The van der Waals surface area contributed by atoms with Gasteiger partial charge in [-0.15, -0.1) is 0 Å². The maximum Gasteiger partial charge on any atom is 0.338 e. The van der Waals surface area contributed by atoms with E-state index in [1.54, 1.807) is 24.4 Å². The molecule has 3 rings (SSSR count). The van der Waals surface area contributed by atoms with Gasteiger partial charge in [0.2, 0.25) is 0 Å². The van der Waals surface area contributed by atoms with Gasteiger partial charge in [-0.1, -0.05) is 6.42 Å². The number of esters is 1. The minimum atomic E-state index is -0.405. The topological polar surface area (TPSA) is 62.7 Å². The molecule has 2 heterocycles. The van der Waals surface area contributed by atoms with Crippen LogP contribution in [0.4, 0.5) is 0 Å². The summed E-state index contributed by atoms with van der Waals surface area (Å²) in [5.74, 6) is -0.200. The number of aromatic hydroxyl groups is 1. The lowest BCUT2D eigenvalue weighted by molar-refractivity contribution is 0.0603. The molecule has 1 fully saturated rings. The Bertz CT molecular complexity index is 694. The molecule has 1 aliphatic heterocycles. The maximum absolute atomic E-state index is 12.0. The number of likely N-dealkylation sites (tertiary alicyclic amines) is 1. The lowest BCUT2D eigenvalue weighted by atomic mass is 10.0. The molecule has 0 amide bonds. The van der Waals surface area contributed by atoms with E-state index in [0.29, 0.717) is 23.0 Å². The Morgan fingerprint density at radius 1 is 1.27 bits per heavy atom. The number of phenolic OH excluding ortho intramolecular Hbond substituents is 1. The zero-order valence-electron chi connectivity index (χ0n) is 12.7. The molecule has 22 heavy (non-hydrogen) atoms. The summed E-state index contributed by atoms with van der Waals surface area (Å²) in [5, 5.41) is 11.0. The van der Waals surface area contributed by atoms with Gasteiger partial charge in [-0.3, -0.25) is 9.88 Å². The van der Waals surface area contributed by atoms with Crippen LogP contribution in [-0.4, -0.2) is 41.2 Å². The smallest absolute Gasteiger partial charge is 0.338 e. The standard InChI is InChI=1S/C17H20N2O3/c1-22-17(21)12-7-8-18-14-5-6-15(20)13(16(12)14)11-19-9-3-2-4-10-19/h5-8,20H,2-4,9-11H2,1H3. The molecule has 5 nitrogen and oxygen atoms in total. The third kappa shape index (κ3) is 2.76. The van der Waals surface area contributed by atoms with E-state index in [1.165, 1.54) is 26.4 Å². The van der Waals surface area contributed by atoms with Gasteiger partial charge >= 0.3 is 5.97 Å². The third-order valence-electron chi connectivity index (χ3n) is 4.23. The van der Waals surface area contributed by atoms with Crippen LogP contribution in [-0.2, 0) is 11.3 Å². The third-order valence-corrected chi connectivity index (χ3v) is 4.23. The molecule has 1 aromatic carbocycles. The van der Waals surface area contributed by atoms with Crippen molar-refractivity contribution in [3.8, 4) is 5.75 Å². The molecular weight excluding hydrogens is 280 g/mol. The second-order valence-electron chi connectivity index (χ2n) is 5.64. The van der Waals surface area contributed by atoms with E-state index in [0.717, 1.165) is 18.7 Å². The minimum Gasteiger partial charge on any atom is -0.508 e. The first kappa shape index (κ1) is 14.8. The first-order valence-electron chi connectivity index (χ1n) is 7.61. The number of rotatable bonds is 3. The molecule has 5 heteroatoms. The summed E-state index contributed by atoms with van der Waals surface area (Å²) < 4.78 is 4.87. The summed E-state index contributed by atoms with van der Waals surface area (Å²) >= 11 is 0. The van der Waals surface area contributed by atoms with E-state index in [2.05, 4.69) is 9.88 Å². The normalized spacial score (nSPS) is 15.9. The van der Waals surface area contributed by atoms with Crippen molar-refractivity contribution in [2.75, 3.05) is 20.2 Å². The van der Waals surface area contributed by atoms with Gasteiger partial charge in [0, 0.05) is 23.7 Å². The Morgan fingerprint density at radius 2 is 2.05 bits per heavy atom. The molecule has 0 aliphatic carbocycles. The monoisotopic (exact) mass is 300 g/mol. The highest BCUT2D eigenvalue weighted by Crippen LogP contribution is 2.31. The summed E-state index contributed by atoms with van der Waals surface area (Å²) in [5.41, 5.74) is 1.91. The number of hydrogen-bond donors (Lipinski definition) is 1. The zero-order valence-corrected chi connectivity index (χ0v) is 12.7. The van der Waals surface area contributed by atoms with Crippen molar-refractivity contribution < 1.29 is 14.6 Å². The largest absolute Gasteiger partial charge is 0.508 e. The molecule has 1 N–H and O–H groups in total. The number of pyridine rings is 1. The van der Waals surface area contributed by atoms with E-state index < -0.39 is 5.97 Å². The van der Waals surface area contributed by atoms with Crippen LogP contribution in [0.1, 0.15) is 35.2 Å². The molecule has 2 aromatic rings. The van der Waals surface area contributed by atoms with Crippen LogP contribution < -0.4 is 0 Å². The Labute approximate surface area is 129 Å². The number of nitrogens with zero attached hydrogens (tertiary/aromatic N) is 2. The molecule has 0 radical (unpaired) electrons. The van der Waals surface area contributed by atoms with Gasteiger partial charge in [-0.25, -0.2) is 4.79 Å². The van der Waals surface area contributed by atoms with Crippen LogP contribution in [0.25, 0.3) is 10.9 Å². The van der Waals surface area contributed by atoms with Gasteiger partial charge in [0.1, 0.15) is 5.75 Å². The number of phenols is 1. The van der Waals surface area contributed by atoms with Crippen LogP contribution in [0.2, 0.25) is 0 Å². The predicted molar refractivity (Wildman–Crippen MR) is 83.9 cm³/mol. The summed E-state index contributed by atoms with van der Waals surface area (Å²) in [4.78, 5) is 18.7. The SMILES string of the molecule is COC(=O)c1ccnc2ccc(O)c(CN3CCCCC3)c12. The van der Waals surface area contributed by atoms with Crippen molar-refractivity contribution >= 4 is 16.9 Å². The second kappa shape index (κ2) is 6.32. The molecule has 0 atom stereocenters. The number of carbonyl (C=O) groups is 1. The number of methoxy groups -OCH3 is 1. The van der Waals surface area contributed by atoms with Crippen molar-refractivity contribution in [2.45, 2.75) is 25.8 Å². The van der Waals surface area contributed by atoms with Gasteiger partial charge < -0.3 is 9.84 Å².